The smallest absolute Gasteiger partial charge is 0.368 e. The number of aromatic nitrogens is 1. The number of rotatable bonds is 7. The molecule has 7 nitrogen and oxygen atoms in total. The van der Waals surface area contributed by atoms with Crippen molar-refractivity contribution in [1.82, 2.24) is 4.98 Å². The van der Waals surface area contributed by atoms with Gasteiger partial charge < -0.3 is 9.47 Å². The number of nitrogens with two attached hydrogens (primary N) is 1. The Hall–Kier alpha value is -1.58. The highest BCUT2D eigenvalue weighted by atomic mass is 32.2. The number of hydrogen-bond donors (Lipinski definition) is 1. The standard InChI is InChI=1S/C11H15FN2O5S/c1-18-10(12)11(15)19-7-3-4-8-9(20(13,16)17)5-2-6-14-8/h2,5-6,10H,3-4,7H2,1H3,(H2,13,16,17). The van der Waals surface area contributed by atoms with Gasteiger partial charge >= 0.3 is 5.97 Å². The number of aryl methyl sites for hydroxylation is 1. The van der Waals surface area contributed by atoms with E-state index in [0.717, 1.165) is 7.11 Å². The van der Waals surface area contributed by atoms with Crippen molar-refractivity contribution in [2.24, 2.45) is 5.14 Å². The molecule has 0 aliphatic rings. The predicted octanol–water partition coefficient (Wildman–Crippen LogP) is 0.147. The lowest BCUT2D eigenvalue weighted by Crippen LogP contribution is -2.21. The maximum Gasteiger partial charge on any atom is 0.368 e. The fourth-order valence-electron chi connectivity index (χ4n) is 1.44. The number of alkyl halides is 1. The van der Waals surface area contributed by atoms with Gasteiger partial charge in [0.25, 0.3) is 6.36 Å². The van der Waals surface area contributed by atoms with E-state index in [1.807, 2.05) is 0 Å². The summed E-state index contributed by atoms with van der Waals surface area (Å²) >= 11 is 0. The molecule has 0 saturated carbocycles. The van der Waals surface area contributed by atoms with Crippen LogP contribution in [0.15, 0.2) is 23.2 Å². The van der Waals surface area contributed by atoms with Crippen LogP contribution in [0.5, 0.6) is 0 Å². The normalized spacial score (nSPS) is 12.9. The molecule has 112 valence electrons. The first kappa shape index (κ1) is 16.5. The van der Waals surface area contributed by atoms with Crippen LogP contribution in [-0.2, 0) is 30.7 Å². The van der Waals surface area contributed by atoms with E-state index in [2.05, 4.69) is 14.5 Å². The average Bonchev–Trinajstić information content (AvgIpc) is 2.41. The average molecular weight is 306 g/mol. The second-order valence-corrected chi connectivity index (χ2v) is 5.35. The van der Waals surface area contributed by atoms with E-state index in [9.17, 15) is 17.6 Å². The molecule has 1 unspecified atom stereocenters. The first-order valence-electron chi connectivity index (χ1n) is 5.66. The predicted molar refractivity (Wildman–Crippen MR) is 66.8 cm³/mol. The minimum absolute atomic E-state index is 0.0772. The van der Waals surface area contributed by atoms with Gasteiger partial charge in [0, 0.05) is 13.3 Å². The fourth-order valence-corrected chi connectivity index (χ4v) is 2.20. The minimum atomic E-state index is -3.85. The molecule has 1 heterocycles. The summed E-state index contributed by atoms with van der Waals surface area (Å²) in [6.07, 6.45) is -0.186. The van der Waals surface area contributed by atoms with Crippen LogP contribution in [0.1, 0.15) is 12.1 Å². The van der Waals surface area contributed by atoms with Crippen molar-refractivity contribution in [3.05, 3.63) is 24.0 Å². The topological polar surface area (TPSA) is 109 Å². The van der Waals surface area contributed by atoms with Gasteiger partial charge in [0.15, 0.2) is 0 Å². The Labute approximate surface area is 115 Å². The third kappa shape index (κ3) is 4.83. The van der Waals surface area contributed by atoms with Crippen LogP contribution in [0.25, 0.3) is 0 Å². The zero-order valence-corrected chi connectivity index (χ0v) is 11.6. The summed E-state index contributed by atoms with van der Waals surface area (Å²) in [5.74, 6) is -1.12. The van der Waals surface area contributed by atoms with Gasteiger partial charge in [-0.2, -0.15) is 0 Å². The number of primary sulfonamides is 1. The highest BCUT2D eigenvalue weighted by Crippen LogP contribution is 2.12. The molecule has 1 aromatic rings. The Morgan fingerprint density at radius 1 is 1.55 bits per heavy atom. The molecule has 0 bridgehead atoms. The monoisotopic (exact) mass is 306 g/mol. The number of nitrogens with zero attached hydrogens (tertiary/aromatic N) is 1. The molecule has 0 saturated heterocycles. The Balaban J connectivity index is 2.54. The Morgan fingerprint density at radius 2 is 2.25 bits per heavy atom. The number of sulfonamides is 1. The van der Waals surface area contributed by atoms with Gasteiger partial charge in [0.1, 0.15) is 4.90 Å². The van der Waals surface area contributed by atoms with Crippen molar-refractivity contribution in [3.63, 3.8) is 0 Å². The quantitative estimate of drug-likeness (QED) is 0.567. The number of esters is 1. The van der Waals surface area contributed by atoms with Crippen LogP contribution in [0.3, 0.4) is 0 Å². The largest absolute Gasteiger partial charge is 0.462 e. The molecule has 0 aliphatic heterocycles. The van der Waals surface area contributed by atoms with Gasteiger partial charge in [-0.1, -0.05) is 0 Å². The number of pyridine rings is 1. The molecule has 1 atom stereocenters. The second-order valence-electron chi connectivity index (χ2n) is 3.82. The Bertz CT molecular complexity index is 564. The number of methoxy groups -OCH3 is 1. The Kier molecular flexibility index (Phi) is 5.99. The summed E-state index contributed by atoms with van der Waals surface area (Å²) in [4.78, 5) is 14.8. The van der Waals surface area contributed by atoms with Crippen LogP contribution < -0.4 is 5.14 Å². The highest BCUT2D eigenvalue weighted by molar-refractivity contribution is 7.89. The van der Waals surface area contributed by atoms with Gasteiger partial charge in [0.2, 0.25) is 10.0 Å². The van der Waals surface area contributed by atoms with Crippen LogP contribution in [0.2, 0.25) is 0 Å². The first-order chi connectivity index (χ1) is 9.36. The van der Waals surface area contributed by atoms with E-state index < -0.39 is 22.4 Å². The molecule has 0 amide bonds. The summed E-state index contributed by atoms with van der Waals surface area (Å²) in [5, 5.41) is 5.05. The lowest BCUT2D eigenvalue weighted by molar-refractivity contribution is -0.166. The summed E-state index contributed by atoms with van der Waals surface area (Å²) in [5.41, 5.74) is 0.273. The Morgan fingerprint density at radius 3 is 2.85 bits per heavy atom. The van der Waals surface area contributed by atoms with Crippen molar-refractivity contribution < 1.29 is 27.1 Å². The summed E-state index contributed by atoms with van der Waals surface area (Å²) in [6.45, 7) is -0.0801. The lowest BCUT2D eigenvalue weighted by Gasteiger charge is -2.08. The molecular weight excluding hydrogens is 291 g/mol. The minimum Gasteiger partial charge on any atom is -0.462 e. The molecule has 0 aliphatic carbocycles. The molecule has 20 heavy (non-hydrogen) atoms. The summed E-state index contributed by atoms with van der Waals surface area (Å²) < 4.78 is 44.0. The lowest BCUT2D eigenvalue weighted by atomic mass is 10.2. The third-order valence-electron chi connectivity index (χ3n) is 2.35. The molecule has 0 aromatic carbocycles. The summed E-state index contributed by atoms with van der Waals surface area (Å²) in [6, 6.07) is 2.79. The van der Waals surface area contributed by atoms with Gasteiger partial charge in [0.05, 0.1) is 12.3 Å². The van der Waals surface area contributed by atoms with Gasteiger partial charge in [-0.15, -0.1) is 0 Å². The maximum absolute atomic E-state index is 12.7. The van der Waals surface area contributed by atoms with E-state index in [1.165, 1.54) is 18.3 Å². The van der Waals surface area contributed by atoms with Crippen LogP contribution in [0, 0.1) is 0 Å². The fraction of sp³-hybridized carbons (Fsp3) is 0.455. The number of carbonyl (C=O) groups excluding carboxylic acids is 1. The van der Waals surface area contributed by atoms with E-state index in [0.29, 0.717) is 0 Å². The zero-order chi connectivity index (χ0) is 15.2. The molecule has 0 fully saturated rings. The molecular formula is C11H15FN2O5S. The van der Waals surface area contributed by atoms with E-state index in [4.69, 9.17) is 5.14 Å². The van der Waals surface area contributed by atoms with E-state index in [1.54, 1.807) is 0 Å². The van der Waals surface area contributed by atoms with Gasteiger partial charge in [-0.25, -0.2) is 22.7 Å². The molecule has 0 radical (unpaired) electrons. The molecule has 1 rings (SSSR count). The number of carbonyl (C=O) groups is 1. The first-order valence-corrected chi connectivity index (χ1v) is 7.21. The zero-order valence-electron chi connectivity index (χ0n) is 10.8. The molecule has 2 N–H and O–H groups in total. The second kappa shape index (κ2) is 7.27. The molecule has 9 heteroatoms. The number of halogens is 1. The van der Waals surface area contributed by atoms with Gasteiger partial charge in [-0.05, 0) is 25.0 Å². The van der Waals surface area contributed by atoms with Gasteiger partial charge in [-0.3, -0.25) is 4.98 Å². The SMILES string of the molecule is COC(F)C(=O)OCCCc1ncccc1S(N)(=O)=O. The third-order valence-corrected chi connectivity index (χ3v) is 3.33. The van der Waals surface area contributed by atoms with Crippen molar-refractivity contribution in [3.8, 4) is 0 Å². The van der Waals surface area contributed by atoms with Crippen molar-refractivity contribution in [2.75, 3.05) is 13.7 Å². The van der Waals surface area contributed by atoms with Crippen LogP contribution in [-0.4, -0.2) is 39.4 Å². The number of ether oxygens (including phenoxy) is 2. The molecule has 0 spiro atoms. The van der Waals surface area contributed by atoms with E-state index >= 15 is 0 Å². The van der Waals surface area contributed by atoms with Crippen molar-refractivity contribution >= 4 is 16.0 Å². The van der Waals surface area contributed by atoms with Crippen LogP contribution in [0.4, 0.5) is 4.39 Å². The van der Waals surface area contributed by atoms with Crippen molar-refractivity contribution in [1.29, 1.82) is 0 Å². The summed E-state index contributed by atoms with van der Waals surface area (Å²) in [7, 11) is -2.81. The van der Waals surface area contributed by atoms with E-state index in [-0.39, 0.29) is 30.0 Å². The van der Waals surface area contributed by atoms with Crippen molar-refractivity contribution in [2.45, 2.75) is 24.1 Å². The maximum atomic E-state index is 12.7. The number of hydrogen-bond acceptors (Lipinski definition) is 6. The highest BCUT2D eigenvalue weighted by Gasteiger charge is 2.18. The van der Waals surface area contributed by atoms with Crippen LogP contribution >= 0.6 is 0 Å². The molecule has 1 aromatic heterocycles.